The Balaban J connectivity index is 1.93. The molecule has 0 saturated carbocycles. The maximum Gasteiger partial charge on any atom is 0.412 e. The molecule has 0 bridgehead atoms. The van der Waals surface area contributed by atoms with Crippen molar-refractivity contribution in [3.8, 4) is 0 Å². The number of nitrogens with one attached hydrogen (secondary N) is 2. The number of pyridine rings is 2. The van der Waals surface area contributed by atoms with E-state index in [1.165, 1.54) is 6.20 Å². The molecule has 2 aromatic heterocycles. The predicted molar refractivity (Wildman–Crippen MR) is 134 cm³/mol. The van der Waals surface area contributed by atoms with Crippen LogP contribution in [0.3, 0.4) is 0 Å². The molecule has 1 aromatic carbocycles. The van der Waals surface area contributed by atoms with Gasteiger partial charge in [0.05, 0.1) is 22.6 Å². The Hall–Kier alpha value is -4.14. The molecule has 0 aliphatic rings. The zero-order chi connectivity index (χ0) is 24.0. The number of nitrogens with two attached hydrogens (primary N) is 2. The first-order chi connectivity index (χ1) is 15.7. The highest BCUT2D eigenvalue weighted by Gasteiger charge is 2.19. The molecule has 0 radical (unpaired) electrons. The van der Waals surface area contributed by atoms with E-state index in [9.17, 15) is 4.79 Å². The van der Waals surface area contributed by atoms with E-state index in [0.717, 1.165) is 16.5 Å². The van der Waals surface area contributed by atoms with Gasteiger partial charge in [-0.05, 0) is 50.6 Å². The molecule has 6 N–H and O–H groups in total. The van der Waals surface area contributed by atoms with Crippen molar-refractivity contribution in [1.29, 1.82) is 0 Å². The van der Waals surface area contributed by atoms with Crippen LogP contribution in [0, 0.1) is 0 Å². The molecule has 0 saturated heterocycles. The van der Waals surface area contributed by atoms with Crippen molar-refractivity contribution < 1.29 is 9.53 Å². The second-order valence-electron chi connectivity index (χ2n) is 8.34. The highest BCUT2D eigenvalue weighted by atomic mass is 16.6. The molecule has 0 spiro atoms. The molecular formula is C24H29N7O2. The summed E-state index contributed by atoms with van der Waals surface area (Å²) in [5, 5.41) is 6.99. The smallest absolute Gasteiger partial charge is 0.412 e. The van der Waals surface area contributed by atoms with Crippen LogP contribution in [0.4, 0.5) is 22.0 Å². The van der Waals surface area contributed by atoms with Crippen molar-refractivity contribution in [1.82, 2.24) is 9.97 Å². The van der Waals surface area contributed by atoms with E-state index >= 15 is 0 Å². The Morgan fingerprint density at radius 2 is 2.03 bits per heavy atom. The largest absolute Gasteiger partial charge is 0.444 e. The van der Waals surface area contributed by atoms with Crippen LogP contribution >= 0.6 is 0 Å². The van der Waals surface area contributed by atoms with Crippen LogP contribution in [0.25, 0.3) is 16.5 Å². The number of allylic oxidation sites excluding steroid dienone is 1. The Kier molecular flexibility index (Phi) is 7.12. The summed E-state index contributed by atoms with van der Waals surface area (Å²) in [6, 6.07) is 11.5. The van der Waals surface area contributed by atoms with Gasteiger partial charge in [0.15, 0.2) is 5.82 Å². The number of nitrogen functional groups attached to an aromatic ring is 1. The minimum atomic E-state index is -0.655. The molecule has 3 aromatic rings. The highest BCUT2D eigenvalue weighted by Crippen LogP contribution is 2.30. The Labute approximate surface area is 193 Å². The average molecular weight is 448 g/mol. The molecule has 1 amide bonds. The van der Waals surface area contributed by atoms with Gasteiger partial charge in [0.2, 0.25) is 0 Å². The number of aliphatic imine (C=N–C) groups is 1. The number of amides is 1. The first-order valence-corrected chi connectivity index (χ1v) is 10.4. The van der Waals surface area contributed by atoms with Gasteiger partial charge in [0.1, 0.15) is 5.60 Å². The second kappa shape index (κ2) is 9.99. The minimum Gasteiger partial charge on any atom is -0.444 e. The summed E-state index contributed by atoms with van der Waals surface area (Å²) in [6.45, 7) is 5.81. The molecule has 9 heteroatoms. The van der Waals surface area contributed by atoms with Crippen LogP contribution < -0.4 is 22.1 Å². The lowest BCUT2D eigenvalue weighted by molar-refractivity contribution is 0.0636. The number of carbonyl (C=O) groups excluding carboxylic acids is 1. The van der Waals surface area contributed by atoms with Crippen molar-refractivity contribution >= 4 is 46.0 Å². The molecule has 0 aliphatic carbocycles. The number of aromatic nitrogens is 2. The third-order valence-electron chi connectivity index (χ3n) is 4.57. The maximum atomic E-state index is 12.4. The first-order valence-electron chi connectivity index (χ1n) is 10.4. The number of hydrogen-bond donors (Lipinski definition) is 4. The standard InChI is InChI=1S/C24H29N7O2/c1-24(2,3)33-23(32)31-20-11-19(17(12-25)14-27-4)30-22(21(20)26)29-13-15-7-8-18-16(10-15)6-5-9-28-18/h5-12,14H,13,25-26H2,1-4H3,(H2,29,30,31,32). The fraction of sp³-hybridized carbons (Fsp3) is 0.250. The number of rotatable bonds is 6. The van der Waals surface area contributed by atoms with Gasteiger partial charge in [0, 0.05) is 43.2 Å². The Morgan fingerprint density at radius 3 is 2.73 bits per heavy atom. The lowest BCUT2D eigenvalue weighted by Gasteiger charge is -2.21. The zero-order valence-corrected chi connectivity index (χ0v) is 19.2. The summed E-state index contributed by atoms with van der Waals surface area (Å²) >= 11 is 0. The molecule has 9 nitrogen and oxygen atoms in total. The molecule has 3 rings (SSSR count). The second-order valence-corrected chi connectivity index (χ2v) is 8.34. The minimum absolute atomic E-state index is 0.275. The monoisotopic (exact) mass is 447 g/mol. The predicted octanol–water partition coefficient (Wildman–Crippen LogP) is 4.17. The number of ether oxygens (including phenoxy) is 1. The lowest BCUT2D eigenvalue weighted by atomic mass is 10.1. The van der Waals surface area contributed by atoms with Crippen LogP contribution in [-0.4, -0.2) is 34.9 Å². The number of carbonyl (C=O) groups is 1. The Morgan fingerprint density at radius 1 is 1.24 bits per heavy atom. The summed E-state index contributed by atoms with van der Waals surface area (Å²) in [5.41, 5.74) is 15.1. The summed E-state index contributed by atoms with van der Waals surface area (Å²) in [4.78, 5) is 25.3. The van der Waals surface area contributed by atoms with Gasteiger partial charge in [-0.2, -0.15) is 0 Å². The maximum absolute atomic E-state index is 12.4. The van der Waals surface area contributed by atoms with Gasteiger partial charge < -0.3 is 21.5 Å². The third kappa shape index (κ3) is 6.19. The van der Waals surface area contributed by atoms with Gasteiger partial charge >= 0.3 is 6.09 Å². The third-order valence-corrected chi connectivity index (χ3v) is 4.57. The fourth-order valence-electron chi connectivity index (χ4n) is 3.11. The van der Waals surface area contributed by atoms with Crippen molar-refractivity contribution in [2.75, 3.05) is 23.4 Å². The van der Waals surface area contributed by atoms with Crippen molar-refractivity contribution in [3.05, 3.63) is 60.1 Å². The van der Waals surface area contributed by atoms with E-state index in [0.29, 0.717) is 29.3 Å². The number of fused-ring (bicyclic) bond motifs is 1. The molecule has 2 heterocycles. The number of benzene rings is 1. The van der Waals surface area contributed by atoms with Crippen molar-refractivity contribution in [2.24, 2.45) is 10.7 Å². The van der Waals surface area contributed by atoms with Crippen molar-refractivity contribution in [3.63, 3.8) is 0 Å². The van der Waals surface area contributed by atoms with E-state index in [1.54, 1.807) is 46.3 Å². The van der Waals surface area contributed by atoms with Gasteiger partial charge in [0.25, 0.3) is 0 Å². The van der Waals surface area contributed by atoms with Crippen LogP contribution in [0.2, 0.25) is 0 Å². The molecule has 0 aliphatic heterocycles. The van der Waals surface area contributed by atoms with Crippen LogP contribution in [0.15, 0.2) is 53.8 Å². The zero-order valence-electron chi connectivity index (χ0n) is 19.2. The molecule has 0 fully saturated rings. The summed E-state index contributed by atoms with van der Waals surface area (Å²) < 4.78 is 5.36. The SMILES string of the molecule is CN=CC(=CN)c1cc(NC(=O)OC(C)(C)C)c(N)c(NCc2ccc3ncccc3c2)n1. The highest BCUT2D eigenvalue weighted by molar-refractivity contribution is 6.10. The van der Waals surface area contributed by atoms with E-state index in [4.69, 9.17) is 16.2 Å². The van der Waals surface area contributed by atoms with Gasteiger partial charge in [-0.25, -0.2) is 9.78 Å². The van der Waals surface area contributed by atoms with Crippen LogP contribution in [0.1, 0.15) is 32.0 Å². The van der Waals surface area contributed by atoms with E-state index in [2.05, 4.69) is 25.6 Å². The average Bonchev–Trinajstić information content (AvgIpc) is 2.76. The summed E-state index contributed by atoms with van der Waals surface area (Å²) in [7, 11) is 1.63. The molecule has 0 atom stereocenters. The van der Waals surface area contributed by atoms with Crippen LogP contribution in [0.5, 0.6) is 0 Å². The number of hydrogen-bond acceptors (Lipinski definition) is 8. The topological polar surface area (TPSA) is 141 Å². The van der Waals surface area contributed by atoms with Crippen molar-refractivity contribution in [2.45, 2.75) is 32.9 Å². The first kappa shape index (κ1) is 23.5. The molecular weight excluding hydrogens is 418 g/mol. The normalized spacial score (nSPS) is 12.2. The lowest BCUT2D eigenvalue weighted by Crippen LogP contribution is -2.27. The van der Waals surface area contributed by atoms with E-state index in [-0.39, 0.29) is 5.69 Å². The van der Waals surface area contributed by atoms with Gasteiger partial charge in [-0.15, -0.1) is 0 Å². The van der Waals surface area contributed by atoms with E-state index < -0.39 is 11.7 Å². The number of nitrogens with zero attached hydrogens (tertiary/aromatic N) is 3. The number of anilines is 3. The Bertz CT molecular complexity index is 1210. The fourth-order valence-corrected chi connectivity index (χ4v) is 3.11. The molecule has 172 valence electrons. The summed E-state index contributed by atoms with van der Waals surface area (Å²) in [6.07, 6.45) is 4.11. The quantitative estimate of drug-likeness (QED) is 0.416. The van der Waals surface area contributed by atoms with E-state index in [1.807, 2.05) is 30.3 Å². The summed E-state index contributed by atoms with van der Waals surface area (Å²) in [5.74, 6) is 0.397. The van der Waals surface area contributed by atoms with Gasteiger partial charge in [-0.1, -0.05) is 12.1 Å². The molecule has 0 unspecified atom stereocenters. The molecule has 33 heavy (non-hydrogen) atoms. The van der Waals surface area contributed by atoms with Crippen LogP contribution in [-0.2, 0) is 11.3 Å². The van der Waals surface area contributed by atoms with Gasteiger partial charge in [-0.3, -0.25) is 15.3 Å².